The van der Waals surface area contributed by atoms with Gasteiger partial charge in [0, 0.05) is 35.9 Å². The number of hydrogen-bond acceptors (Lipinski definition) is 4. The first-order valence-corrected chi connectivity index (χ1v) is 8.80. The van der Waals surface area contributed by atoms with E-state index in [0.717, 1.165) is 48.5 Å². The smallest absolute Gasteiger partial charge is 0.185 e. The lowest BCUT2D eigenvalue weighted by Crippen LogP contribution is -2.36. The number of carbonyl (C=O) groups is 1. The monoisotopic (exact) mass is 344 g/mol. The largest absolute Gasteiger partial charge is 0.378 e. The van der Waals surface area contributed by atoms with Gasteiger partial charge >= 0.3 is 0 Å². The molecule has 130 valence electrons. The van der Waals surface area contributed by atoms with Gasteiger partial charge in [-0.25, -0.2) is 0 Å². The lowest BCUT2D eigenvalue weighted by atomic mass is 10.1. The molecule has 4 heteroatoms. The van der Waals surface area contributed by atoms with E-state index >= 15 is 0 Å². The zero-order valence-corrected chi connectivity index (χ0v) is 14.5. The molecule has 2 aromatic carbocycles. The summed E-state index contributed by atoms with van der Waals surface area (Å²) in [5.41, 5.74) is 3.75. The molecule has 0 atom stereocenters. The highest BCUT2D eigenvalue weighted by Gasteiger charge is 2.11. The van der Waals surface area contributed by atoms with E-state index in [9.17, 15) is 4.79 Å². The topological polar surface area (TPSA) is 42.4 Å². The van der Waals surface area contributed by atoms with E-state index in [1.54, 1.807) is 12.3 Å². The zero-order chi connectivity index (χ0) is 17.8. The van der Waals surface area contributed by atoms with Crippen LogP contribution in [0, 0.1) is 0 Å². The van der Waals surface area contributed by atoms with Crippen LogP contribution in [-0.4, -0.2) is 37.1 Å². The van der Waals surface area contributed by atoms with Crippen LogP contribution >= 0.6 is 0 Å². The predicted molar refractivity (Wildman–Crippen MR) is 105 cm³/mol. The number of ketones is 1. The van der Waals surface area contributed by atoms with E-state index in [1.165, 1.54) is 0 Å². The van der Waals surface area contributed by atoms with Crippen molar-refractivity contribution in [2.45, 2.75) is 0 Å². The molecule has 4 rings (SSSR count). The molecule has 1 aromatic heterocycles. The van der Waals surface area contributed by atoms with Gasteiger partial charge in [0.15, 0.2) is 5.78 Å². The molecular weight excluding hydrogens is 324 g/mol. The Labute approximate surface area is 152 Å². The summed E-state index contributed by atoms with van der Waals surface area (Å²) in [6.07, 6.45) is 5.26. The number of hydrogen-bond donors (Lipinski definition) is 0. The van der Waals surface area contributed by atoms with Gasteiger partial charge in [-0.2, -0.15) is 0 Å². The molecule has 1 fully saturated rings. The molecule has 3 aromatic rings. The molecule has 1 saturated heterocycles. The summed E-state index contributed by atoms with van der Waals surface area (Å²) in [5.74, 6) is -0.000536. The third-order valence-corrected chi connectivity index (χ3v) is 4.63. The van der Waals surface area contributed by atoms with Crippen LogP contribution in [0.25, 0.3) is 17.0 Å². The number of rotatable bonds is 4. The van der Waals surface area contributed by atoms with Crippen LogP contribution in [0.5, 0.6) is 0 Å². The molecule has 0 N–H and O–H groups in total. The molecule has 4 nitrogen and oxygen atoms in total. The number of benzene rings is 2. The van der Waals surface area contributed by atoms with Crippen molar-refractivity contribution in [2.24, 2.45) is 0 Å². The van der Waals surface area contributed by atoms with E-state index in [-0.39, 0.29) is 5.78 Å². The summed E-state index contributed by atoms with van der Waals surface area (Å²) in [4.78, 5) is 19.1. The van der Waals surface area contributed by atoms with E-state index in [1.807, 2.05) is 60.7 Å². The zero-order valence-electron chi connectivity index (χ0n) is 14.5. The molecule has 0 saturated carbocycles. The van der Waals surface area contributed by atoms with Gasteiger partial charge in [0.05, 0.1) is 18.7 Å². The molecule has 0 amide bonds. The second-order valence-electron chi connectivity index (χ2n) is 6.26. The summed E-state index contributed by atoms with van der Waals surface area (Å²) in [6, 6.07) is 17.7. The summed E-state index contributed by atoms with van der Waals surface area (Å²) in [5, 5.41) is 1.04. The second kappa shape index (κ2) is 7.50. The normalized spacial score (nSPS) is 14.8. The highest BCUT2D eigenvalue weighted by Crippen LogP contribution is 2.19. The van der Waals surface area contributed by atoms with Crippen LogP contribution in [0.4, 0.5) is 5.69 Å². The maximum Gasteiger partial charge on any atom is 0.185 e. The molecule has 26 heavy (non-hydrogen) atoms. The van der Waals surface area contributed by atoms with Crippen molar-refractivity contribution in [2.75, 3.05) is 31.2 Å². The van der Waals surface area contributed by atoms with E-state index in [2.05, 4.69) is 9.88 Å². The predicted octanol–water partition coefficient (Wildman–Crippen LogP) is 3.97. The lowest BCUT2D eigenvalue weighted by Gasteiger charge is -2.28. The Bertz CT molecular complexity index is 937. The standard InChI is InChI=1S/C22H20N2O2/c25-22(10-7-17-11-12-23-21-4-2-1-3-20(17)21)18-5-8-19(9-6-18)24-13-15-26-16-14-24/h1-12H,13-16H2/b10-7+. The van der Waals surface area contributed by atoms with Crippen LogP contribution in [0.15, 0.2) is 66.9 Å². The van der Waals surface area contributed by atoms with E-state index < -0.39 is 0 Å². The van der Waals surface area contributed by atoms with Crippen LogP contribution in [-0.2, 0) is 4.74 Å². The van der Waals surface area contributed by atoms with E-state index in [0.29, 0.717) is 5.56 Å². The highest BCUT2D eigenvalue weighted by molar-refractivity contribution is 6.07. The van der Waals surface area contributed by atoms with Crippen LogP contribution in [0.3, 0.4) is 0 Å². The molecule has 2 heterocycles. The van der Waals surface area contributed by atoms with Gasteiger partial charge < -0.3 is 9.64 Å². The average Bonchev–Trinajstić information content (AvgIpc) is 2.73. The van der Waals surface area contributed by atoms with Gasteiger partial charge in [0.2, 0.25) is 0 Å². The number of anilines is 1. The van der Waals surface area contributed by atoms with Crippen molar-refractivity contribution in [3.05, 3.63) is 78.0 Å². The minimum absolute atomic E-state index is 0.000536. The molecule has 1 aliphatic rings. The molecule has 0 aliphatic carbocycles. The third kappa shape index (κ3) is 3.51. The van der Waals surface area contributed by atoms with Crippen molar-refractivity contribution in [3.8, 4) is 0 Å². The fourth-order valence-electron chi connectivity index (χ4n) is 3.18. The van der Waals surface area contributed by atoms with Crippen molar-refractivity contribution < 1.29 is 9.53 Å². The molecule has 0 bridgehead atoms. The summed E-state index contributed by atoms with van der Waals surface area (Å²) < 4.78 is 5.38. The molecule has 0 unspecified atom stereocenters. The Morgan fingerprint density at radius 3 is 2.58 bits per heavy atom. The number of ether oxygens (including phenoxy) is 1. The highest BCUT2D eigenvalue weighted by atomic mass is 16.5. The first kappa shape index (κ1) is 16.5. The number of fused-ring (bicyclic) bond motifs is 1. The first-order valence-electron chi connectivity index (χ1n) is 8.80. The Balaban J connectivity index is 1.51. The van der Waals surface area contributed by atoms with Gasteiger partial charge in [-0.1, -0.05) is 24.3 Å². The lowest BCUT2D eigenvalue weighted by molar-refractivity contribution is 0.104. The van der Waals surface area contributed by atoms with Crippen molar-refractivity contribution in [1.29, 1.82) is 0 Å². The maximum absolute atomic E-state index is 12.5. The first-order chi connectivity index (χ1) is 12.8. The Morgan fingerprint density at radius 2 is 1.77 bits per heavy atom. The van der Waals surface area contributed by atoms with Crippen LogP contribution in [0.1, 0.15) is 15.9 Å². The van der Waals surface area contributed by atoms with Gasteiger partial charge in [-0.05, 0) is 48.0 Å². The molecular formula is C22H20N2O2. The van der Waals surface area contributed by atoms with Gasteiger partial charge in [0.25, 0.3) is 0 Å². The Hall–Kier alpha value is -2.98. The maximum atomic E-state index is 12.5. The van der Waals surface area contributed by atoms with Crippen molar-refractivity contribution in [1.82, 2.24) is 4.98 Å². The molecule has 0 spiro atoms. The number of allylic oxidation sites excluding steroid dienone is 1. The number of morpholine rings is 1. The number of nitrogens with zero attached hydrogens (tertiary/aromatic N) is 2. The Morgan fingerprint density at radius 1 is 1.00 bits per heavy atom. The second-order valence-corrected chi connectivity index (χ2v) is 6.26. The number of pyridine rings is 1. The fourth-order valence-corrected chi connectivity index (χ4v) is 3.18. The Kier molecular flexibility index (Phi) is 4.75. The van der Waals surface area contributed by atoms with Crippen molar-refractivity contribution in [3.63, 3.8) is 0 Å². The van der Waals surface area contributed by atoms with Crippen LogP contribution < -0.4 is 4.90 Å². The summed E-state index contributed by atoms with van der Waals surface area (Å²) in [6.45, 7) is 3.29. The number of aromatic nitrogens is 1. The summed E-state index contributed by atoms with van der Waals surface area (Å²) >= 11 is 0. The summed E-state index contributed by atoms with van der Waals surface area (Å²) in [7, 11) is 0. The quantitative estimate of drug-likeness (QED) is 0.531. The van der Waals surface area contributed by atoms with Gasteiger partial charge in [-0.3, -0.25) is 9.78 Å². The minimum Gasteiger partial charge on any atom is -0.378 e. The van der Waals surface area contributed by atoms with Gasteiger partial charge in [-0.15, -0.1) is 0 Å². The minimum atomic E-state index is -0.000536. The third-order valence-electron chi connectivity index (χ3n) is 4.63. The van der Waals surface area contributed by atoms with Crippen molar-refractivity contribution >= 4 is 28.4 Å². The molecule has 1 aliphatic heterocycles. The average molecular weight is 344 g/mol. The fraction of sp³-hybridized carbons (Fsp3) is 0.182. The van der Waals surface area contributed by atoms with Gasteiger partial charge in [0.1, 0.15) is 0 Å². The van der Waals surface area contributed by atoms with E-state index in [4.69, 9.17) is 4.74 Å². The SMILES string of the molecule is O=C(/C=C/c1ccnc2ccccc12)c1ccc(N2CCOCC2)cc1. The number of carbonyl (C=O) groups excluding carboxylic acids is 1. The molecule has 0 radical (unpaired) electrons. The number of para-hydroxylation sites is 1. The van der Waals surface area contributed by atoms with Crippen LogP contribution in [0.2, 0.25) is 0 Å².